The normalized spacial score (nSPS) is 17.9. The van der Waals surface area contributed by atoms with Gasteiger partial charge in [-0.1, -0.05) is 30.3 Å². The van der Waals surface area contributed by atoms with Crippen LogP contribution in [0.3, 0.4) is 0 Å². The first-order chi connectivity index (χ1) is 14.9. The molecule has 4 rings (SSSR count). The zero-order chi connectivity index (χ0) is 22.0. The van der Waals surface area contributed by atoms with E-state index >= 15 is 0 Å². The van der Waals surface area contributed by atoms with Crippen LogP contribution in [0.2, 0.25) is 0 Å². The van der Waals surface area contributed by atoms with Crippen molar-refractivity contribution in [2.45, 2.75) is 38.8 Å². The van der Waals surface area contributed by atoms with Crippen molar-refractivity contribution in [3.63, 3.8) is 0 Å². The maximum absolute atomic E-state index is 12.8. The van der Waals surface area contributed by atoms with Crippen molar-refractivity contribution in [3.05, 3.63) is 59.7 Å². The summed E-state index contributed by atoms with van der Waals surface area (Å²) in [6, 6.07) is 13.3. The predicted octanol–water partition coefficient (Wildman–Crippen LogP) is 2.43. The molecule has 0 radical (unpaired) electrons. The smallest absolute Gasteiger partial charge is 0.329 e. The second-order valence-corrected chi connectivity index (χ2v) is 7.78. The number of carbonyl (C=O) groups is 4. The Morgan fingerprint density at radius 3 is 2.65 bits per heavy atom. The van der Waals surface area contributed by atoms with E-state index in [1.165, 1.54) is 12.5 Å². The number of amides is 5. The van der Waals surface area contributed by atoms with E-state index in [2.05, 4.69) is 16.7 Å². The van der Waals surface area contributed by atoms with Gasteiger partial charge in [-0.05, 0) is 42.2 Å². The summed E-state index contributed by atoms with van der Waals surface area (Å²) in [6.07, 6.45) is 1.24. The van der Waals surface area contributed by atoms with Crippen LogP contribution in [-0.4, -0.2) is 41.2 Å². The first-order valence-corrected chi connectivity index (χ1v) is 10.3. The Balaban J connectivity index is 1.37. The fourth-order valence-electron chi connectivity index (χ4n) is 4.03. The van der Waals surface area contributed by atoms with E-state index < -0.39 is 18.0 Å². The van der Waals surface area contributed by atoms with Crippen LogP contribution in [0.15, 0.2) is 48.5 Å². The molecule has 2 aromatic rings. The van der Waals surface area contributed by atoms with Gasteiger partial charge in [0.2, 0.25) is 11.8 Å². The summed E-state index contributed by atoms with van der Waals surface area (Å²) in [5.41, 5.74) is 3.28. The van der Waals surface area contributed by atoms with Gasteiger partial charge in [0, 0.05) is 32.1 Å². The molecule has 0 bridgehead atoms. The van der Waals surface area contributed by atoms with E-state index in [0.717, 1.165) is 16.9 Å². The van der Waals surface area contributed by atoms with E-state index in [9.17, 15) is 19.2 Å². The van der Waals surface area contributed by atoms with E-state index in [-0.39, 0.29) is 24.7 Å². The molecule has 0 unspecified atom stereocenters. The van der Waals surface area contributed by atoms with E-state index in [0.29, 0.717) is 24.5 Å². The van der Waals surface area contributed by atoms with E-state index in [4.69, 9.17) is 0 Å². The molecule has 0 aliphatic carbocycles. The highest BCUT2D eigenvalue weighted by atomic mass is 16.2. The van der Waals surface area contributed by atoms with Gasteiger partial charge in [0.15, 0.2) is 0 Å². The maximum atomic E-state index is 12.8. The molecule has 1 saturated heterocycles. The number of rotatable bonds is 5. The lowest BCUT2D eigenvalue weighted by atomic mass is 9.99. The Labute approximate surface area is 180 Å². The van der Waals surface area contributed by atoms with Crippen LogP contribution in [0, 0.1) is 0 Å². The van der Waals surface area contributed by atoms with Gasteiger partial charge < -0.3 is 15.5 Å². The SMILES string of the molecule is CC(=O)Nc1cccc(N2C(=O)N[C@H](CCC(=O)N3CCc4ccccc4C3)C2=O)c1. The minimum absolute atomic E-state index is 0.0253. The third-order valence-corrected chi connectivity index (χ3v) is 5.57. The molecule has 8 heteroatoms. The molecule has 2 N–H and O–H groups in total. The predicted molar refractivity (Wildman–Crippen MR) is 115 cm³/mol. The summed E-state index contributed by atoms with van der Waals surface area (Å²) in [4.78, 5) is 52.1. The average molecular weight is 420 g/mol. The molecule has 2 heterocycles. The van der Waals surface area contributed by atoms with E-state index in [1.54, 1.807) is 29.2 Å². The van der Waals surface area contributed by atoms with Gasteiger partial charge in [-0.15, -0.1) is 0 Å². The number of fused-ring (bicyclic) bond motifs is 1. The zero-order valence-electron chi connectivity index (χ0n) is 17.3. The van der Waals surface area contributed by atoms with Gasteiger partial charge in [0.05, 0.1) is 5.69 Å². The Morgan fingerprint density at radius 1 is 1.10 bits per heavy atom. The van der Waals surface area contributed by atoms with Gasteiger partial charge in [0.1, 0.15) is 6.04 Å². The quantitative estimate of drug-likeness (QED) is 0.726. The molecule has 5 amide bonds. The number of imide groups is 1. The summed E-state index contributed by atoms with van der Waals surface area (Å²) in [5, 5.41) is 5.30. The van der Waals surface area contributed by atoms with Crippen molar-refractivity contribution in [1.29, 1.82) is 0 Å². The number of hydrogen-bond donors (Lipinski definition) is 2. The lowest BCUT2D eigenvalue weighted by Gasteiger charge is -2.29. The molecule has 160 valence electrons. The van der Waals surface area contributed by atoms with Crippen LogP contribution < -0.4 is 15.5 Å². The minimum atomic E-state index is -0.752. The fraction of sp³-hybridized carbons (Fsp3) is 0.304. The molecule has 1 fully saturated rings. The second-order valence-electron chi connectivity index (χ2n) is 7.78. The Hall–Kier alpha value is -3.68. The van der Waals surface area contributed by atoms with Crippen molar-refractivity contribution in [2.75, 3.05) is 16.8 Å². The molecule has 2 aliphatic rings. The number of hydrogen-bond acceptors (Lipinski definition) is 4. The van der Waals surface area contributed by atoms with Crippen LogP contribution in [0.5, 0.6) is 0 Å². The standard InChI is InChI=1S/C23H24N4O4/c1-15(28)24-18-7-4-8-19(13-18)27-22(30)20(25-23(27)31)9-10-21(29)26-12-11-16-5-2-3-6-17(16)14-26/h2-8,13,20H,9-12,14H2,1H3,(H,24,28)(H,25,31)/t20-/m1/s1. The number of anilines is 2. The highest BCUT2D eigenvalue weighted by Gasteiger charge is 2.39. The van der Waals surface area contributed by atoms with Crippen molar-refractivity contribution in [3.8, 4) is 0 Å². The number of nitrogens with one attached hydrogen (secondary N) is 2. The van der Waals surface area contributed by atoms with Gasteiger partial charge in [-0.25, -0.2) is 9.69 Å². The molecule has 31 heavy (non-hydrogen) atoms. The molecule has 1 atom stereocenters. The zero-order valence-corrected chi connectivity index (χ0v) is 17.3. The van der Waals surface area contributed by atoms with Crippen molar-refractivity contribution in [2.24, 2.45) is 0 Å². The first-order valence-electron chi connectivity index (χ1n) is 10.3. The van der Waals surface area contributed by atoms with Crippen molar-refractivity contribution in [1.82, 2.24) is 10.2 Å². The van der Waals surface area contributed by atoms with Crippen LogP contribution in [0.1, 0.15) is 30.9 Å². The Morgan fingerprint density at radius 2 is 1.87 bits per heavy atom. The summed E-state index contributed by atoms with van der Waals surface area (Å²) in [6.45, 7) is 2.61. The molecule has 0 saturated carbocycles. The van der Waals surface area contributed by atoms with Crippen LogP contribution >= 0.6 is 0 Å². The average Bonchev–Trinajstić information content (AvgIpc) is 3.04. The largest absolute Gasteiger partial charge is 0.338 e. The van der Waals surface area contributed by atoms with Crippen LogP contribution in [0.25, 0.3) is 0 Å². The van der Waals surface area contributed by atoms with Crippen LogP contribution in [0.4, 0.5) is 16.2 Å². The van der Waals surface area contributed by atoms with E-state index in [1.807, 2.05) is 18.2 Å². The van der Waals surface area contributed by atoms with Gasteiger partial charge >= 0.3 is 6.03 Å². The highest BCUT2D eigenvalue weighted by Crippen LogP contribution is 2.25. The molecular weight excluding hydrogens is 396 g/mol. The topological polar surface area (TPSA) is 98.8 Å². The second kappa shape index (κ2) is 8.59. The first kappa shape index (κ1) is 20.6. The number of urea groups is 1. The Bertz CT molecular complexity index is 1050. The molecule has 2 aliphatic heterocycles. The lowest BCUT2D eigenvalue weighted by Crippen LogP contribution is -2.37. The number of nitrogens with zero attached hydrogens (tertiary/aromatic N) is 2. The highest BCUT2D eigenvalue weighted by molar-refractivity contribution is 6.21. The Kier molecular flexibility index (Phi) is 5.70. The number of carbonyl (C=O) groups excluding carboxylic acids is 4. The summed E-state index contributed by atoms with van der Waals surface area (Å²) < 4.78 is 0. The van der Waals surface area contributed by atoms with Crippen LogP contribution in [-0.2, 0) is 27.3 Å². The molecule has 8 nitrogen and oxygen atoms in total. The van der Waals surface area contributed by atoms with Gasteiger partial charge in [0.25, 0.3) is 5.91 Å². The molecule has 0 aromatic heterocycles. The lowest BCUT2D eigenvalue weighted by molar-refractivity contribution is -0.132. The summed E-state index contributed by atoms with van der Waals surface area (Å²) >= 11 is 0. The molecule has 2 aromatic carbocycles. The maximum Gasteiger partial charge on any atom is 0.329 e. The van der Waals surface area contributed by atoms with Crippen molar-refractivity contribution < 1.29 is 19.2 Å². The minimum Gasteiger partial charge on any atom is -0.338 e. The third kappa shape index (κ3) is 4.42. The third-order valence-electron chi connectivity index (χ3n) is 5.57. The summed E-state index contributed by atoms with van der Waals surface area (Å²) in [5.74, 6) is -0.671. The van der Waals surface area contributed by atoms with Crippen molar-refractivity contribution >= 4 is 35.1 Å². The monoisotopic (exact) mass is 420 g/mol. The number of benzene rings is 2. The van der Waals surface area contributed by atoms with Gasteiger partial charge in [-0.2, -0.15) is 0 Å². The molecule has 0 spiro atoms. The van der Waals surface area contributed by atoms with Gasteiger partial charge in [-0.3, -0.25) is 14.4 Å². The molecular formula is C23H24N4O4. The fourth-order valence-corrected chi connectivity index (χ4v) is 4.03. The summed E-state index contributed by atoms with van der Waals surface area (Å²) in [7, 11) is 0.